The van der Waals surface area contributed by atoms with Crippen LogP contribution in [0.25, 0.3) is 0 Å². The molecule has 1 aromatic heterocycles. The van der Waals surface area contributed by atoms with Crippen molar-refractivity contribution in [2.75, 3.05) is 25.2 Å². The van der Waals surface area contributed by atoms with Gasteiger partial charge in [-0.15, -0.1) is 11.3 Å². The van der Waals surface area contributed by atoms with Gasteiger partial charge >= 0.3 is 5.97 Å². The van der Waals surface area contributed by atoms with Gasteiger partial charge in [0.2, 0.25) is 0 Å². The van der Waals surface area contributed by atoms with Crippen molar-refractivity contribution in [2.24, 2.45) is 5.92 Å². The molecule has 0 bridgehead atoms. The molecule has 2 aliphatic rings. The number of hydrogen-bond acceptors (Lipinski definition) is 7. The van der Waals surface area contributed by atoms with Gasteiger partial charge in [-0.2, -0.15) is 11.8 Å². The predicted octanol–water partition coefficient (Wildman–Crippen LogP) is 5.27. The predicted molar refractivity (Wildman–Crippen MR) is 134 cm³/mol. The first-order valence-electron chi connectivity index (χ1n) is 11.2. The van der Waals surface area contributed by atoms with Crippen LogP contribution in [0.4, 0.5) is 0 Å². The zero-order valence-electron chi connectivity index (χ0n) is 19.0. The molecule has 1 N–H and O–H groups in total. The SMILES string of the molecule is C=C1NC2=C(C(=O)CC(c3ccccc3OC)C2)C(c2cccs2)C1C(=O)OCCSCC. The third-order valence-corrected chi connectivity index (χ3v) is 8.02. The maximum atomic E-state index is 13.6. The molecule has 0 amide bonds. The van der Waals surface area contributed by atoms with Crippen LogP contribution in [-0.4, -0.2) is 37.0 Å². The molecule has 0 radical (unpaired) electrons. The van der Waals surface area contributed by atoms with Gasteiger partial charge in [-0.05, 0) is 35.2 Å². The first-order chi connectivity index (χ1) is 16.0. The fourth-order valence-electron chi connectivity index (χ4n) is 4.76. The van der Waals surface area contributed by atoms with Gasteiger partial charge in [-0.3, -0.25) is 9.59 Å². The molecule has 1 aliphatic carbocycles. The number of hydrogen-bond donors (Lipinski definition) is 1. The van der Waals surface area contributed by atoms with Crippen LogP contribution in [0.2, 0.25) is 0 Å². The number of carbonyl (C=O) groups is 2. The van der Waals surface area contributed by atoms with Crippen LogP contribution in [0.5, 0.6) is 5.75 Å². The summed E-state index contributed by atoms with van der Waals surface area (Å²) in [4.78, 5) is 27.7. The number of carbonyl (C=O) groups excluding carboxylic acids is 2. The van der Waals surface area contributed by atoms with E-state index >= 15 is 0 Å². The van der Waals surface area contributed by atoms with E-state index in [1.807, 2.05) is 41.8 Å². The molecule has 0 saturated carbocycles. The van der Waals surface area contributed by atoms with Crippen molar-refractivity contribution < 1.29 is 19.1 Å². The van der Waals surface area contributed by atoms with Crippen LogP contribution in [0.15, 0.2) is 65.3 Å². The summed E-state index contributed by atoms with van der Waals surface area (Å²) < 4.78 is 11.2. The van der Waals surface area contributed by atoms with Crippen LogP contribution < -0.4 is 10.1 Å². The van der Waals surface area contributed by atoms with E-state index in [0.717, 1.165) is 33.4 Å². The molecule has 0 fully saturated rings. The average molecular weight is 484 g/mol. The van der Waals surface area contributed by atoms with Crippen molar-refractivity contribution in [3.63, 3.8) is 0 Å². The summed E-state index contributed by atoms with van der Waals surface area (Å²) >= 11 is 3.29. The monoisotopic (exact) mass is 483 g/mol. The van der Waals surface area contributed by atoms with E-state index in [1.165, 1.54) is 0 Å². The summed E-state index contributed by atoms with van der Waals surface area (Å²) in [5.41, 5.74) is 3.17. The Labute approximate surface area is 203 Å². The fourth-order valence-corrected chi connectivity index (χ4v) is 6.12. The highest BCUT2D eigenvalue weighted by atomic mass is 32.2. The molecule has 33 heavy (non-hydrogen) atoms. The number of allylic oxidation sites excluding steroid dienone is 2. The summed E-state index contributed by atoms with van der Waals surface area (Å²) in [5.74, 6) is 1.27. The average Bonchev–Trinajstić information content (AvgIpc) is 3.35. The van der Waals surface area contributed by atoms with Gasteiger partial charge in [-0.25, -0.2) is 0 Å². The Balaban J connectivity index is 1.67. The molecule has 1 aliphatic heterocycles. The Bertz CT molecular complexity index is 1060. The highest BCUT2D eigenvalue weighted by Crippen LogP contribution is 2.49. The lowest BCUT2D eigenvalue weighted by molar-refractivity contribution is -0.147. The molecule has 0 spiro atoms. The van der Waals surface area contributed by atoms with Gasteiger partial charge in [-0.1, -0.05) is 37.8 Å². The number of Topliss-reactive ketones (excluding diaryl/α,β-unsaturated/α-hetero) is 1. The molecule has 2 aromatic rings. The van der Waals surface area contributed by atoms with Crippen molar-refractivity contribution in [2.45, 2.75) is 31.6 Å². The van der Waals surface area contributed by atoms with Crippen molar-refractivity contribution >= 4 is 34.9 Å². The first kappa shape index (κ1) is 23.6. The number of para-hydroxylation sites is 1. The second kappa shape index (κ2) is 10.6. The maximum absolute atomic E-state index is 13.6. The molecule has 2 heterocycles. The van der Waals surface area contributed by atoms with Crippen LogP contribution in [0.1, 0.15) is 42.0 Å². The van der Waals surface area contributed by atoms with E-state index in [0.29, 0.717) is 30.7 Å². The quantitative estimate of drug-likeness (QED) is 0.408. The van der Waals surface area contributed by atoms with Crippen LogP contribution in [0.3, 0.4) is 0 Å². The lowest BCUT2D eigenvalue weighted by atomic mass is 9.70. The van der Waals surface area contributed by atoms with E-state index < -0.39 is 5.92 Å². The van der Waals surface area contributed by atoms with E-state index in [4.69, 9.17) is 9.47 Å². The van der Waals surface area contributed by atoms with Crippen LogP contribution in [0, 0.1) is 5.92 Å². The summed E-state index contributed by atoms with van der Waals surface area (Å²) in [5, 5.41) is 5.31. The topological polar surface area (TPSA) is 64.6 Å². The number of thiophene rings is 1. The van der Waals surface area contributed by atoms with Gasteiger partial charge in [0.05, 0.1) is 7.11 Å². The van der Waals surface area contributed by atoms with Gasteiger partial charge in [0.25, 0.3) is 0 Å². The Morgan fingerprint density at radius 2 is 2.06 bits per heavy atom. The lowest BCUT2D eigenvalue weighted by Crippen LogP contribution is -2.42. The highest BCUT2D eigenvalue weighted by Gasteiger charge is 2.46. The molecule has 4 rings (SSSR count). The summed E-state index contributed by atoms with van der Waals surface area (Å²) in [7, 11) is 1.65. The maximum Gasteiger partial charge on any atom is 0.315 e. The molecule has 7 heteroatoms. The van der Waals surface area contributed by atoms with Gasteiger partial charge < -0.3 is 14.8 Å². The number of benzene rings is 1. The largest absolute Gasteiger partial charge is 0.496 e. The van der Waals surface area contributed by atoms with E-state index in [1.54, 1.807) is 30.2 Å². The second-order valence-corrected chi connectivity index (χ2v) is 10.5. The van der Waals surface area contributed by atoms with Crippen LogP contribution >= 0.6 is 23.1 Å². The Kier molecular flexibility index (Phi) is 7.60. The van der Waals surface area contributed by atoms with Gasteiger partial charge in [0.15, 0.2) is 5.78 Å². The number of nitrogens with one attached hydrogen (secondary N) is 1. The van der Waals surface area contributed by atoms with Crippen molar-refractivity contribution in [1.29, 1.82) is 0 Å². The number of esters is 1. The number of ether oxygens (including phenoxy) is 2. The minimum absolute atomic E-state index is 0.00579. The molecule has 3 atom stereocenters. The molecular weight excluding hydrogens is 454 g/mol. The number of thioether (sulfide) groups is 1. The van der Waals surface area contributed by atoms with E-state index in [2.05, 4.69) is 18.8 Å². The molecule has 1 aromatic carbocycles. The summed E-state index contributed by atoms with van der Waals surface area (Å²) in [6, 6.07) is 11.8. The summed E-state index contributed by atoms with van der Waals surface area (Å²) in [6.45, 7) is 6.62. The summed E-state index contributed by atoms with van der Waals surface area (Å²) in [6.07, 6.45) is 1.04. The molecule has 0 saturated heterocycles. The Hall–Kier alpha value is -2.51. The zero-order chi connectivity index (χ0) is 23.4. The smallest absolute Gasteiger partial charge is 0.315 e. The number of methoxy groups -OCH3 is 1. The standard InChI is InChI=1S/C26H29NO4S2/c1-4-32-13-11-31-26(29)23-16(2)27-19-14-17(18-8-5-6-9-21(18)30-3)15-20(28)24(19)25(23)22-10-7-12-33-22/h5-10,12,17,23,25,27H,2,4,11,13-15H2,1,3H3. The van der Waals surface area contributed by atoms with Gasteiger partial charge in [0, 0.05) is 45.9 Å². The normalized spacial score (nSPS) is 22.5. The van der Waals surface area contributed by atoms with E-state index in [9.17, 15) is 9.59 Å². The third-order valence-electron chi connectivity index (χ3n) is 6.20. The molecule has 3 unspecified atom stereocenters. The Morgan fingerprint density at radius 1 is 1.24 bits per heavy atom. The van der Waals surface area contributed by atoms with Crippen molar-refractivity contribution in [3.8, 4) is 5.75 Å². The number of ketones is 1. The lowest BCUT2D eigenvalue weighted by Gasteiger charge is -2.39. The zero-order valence-corrected chi connectivity index (χ0v) is 20.6. The number of rotatable bonds is 8. The van der Waals surface area contributed by atoms with Gasteiger partial charge in [0.1, 0.15) is 18.3 Å². The third kappa shape index (κ3) is 4.89. The fraction of sp³-hybridized carbons (Fsp3) is 0.385. The van der Waals surface area contributed by atoms with E-state index in [-0.39, 0.29) is 23.6 Å². The Morgan fingerprint density at radius 3 is 2.79 bits per heavy atom. The molecule has 174 valence electrons. The van der Waals surface area contributed by atoms with Crippen molar-refractivity contribution in [1.82, 2.24) is 5.32 Å². The minimum atomic E-state index is -0.624. The van der Waals surface area contributed by atoms with Crippen LogP contribution in [-0.2, 0) is 14.3 Å². The molecular formula is C26H29NO4S2. The first-order valence-corrected chi connectivity index (χ1v) is 13.2. The minimum Gasteiger partial charge on any atom is -0.496 e. The second-order valence-electron chi connectivity index (χ2n) is 8.15. The van der Waals surface area contributed by atoms with Crippen molar-refractivity contribution in [3.05, 3.63) is 75.8 Å². The highest BCUT2D eigenvalue weighted by molar-refractivity contribution is 7.99. The molecule has 5 nitrogen and oxygen atoms in total.